The van der Waals surface area contributed by atoms with Crippen molar-refractivity contribution in [3.63, 3.8) is 0 Å². The van der Waals surface area contributed by atoms with Gasteiger partial charge in [-0.25, -0.2) is 0 Å². The van der Waals surface area contributed by atoms with Crippen molar-refractivity contribution in [2.45, 2.75) is 26.3 Å². The summed E-state index contributed by atoms with van der Waals surface area (Å²) in [7, 11) is 0. The fraction of sp³-hybridized carbons (Fsp3) is 0.600. The quantitative estimate of drug-likeness (QED) is 0.858. The Morgan fingerprint density at radius 1 is 1.41 bits per heavy atom. The highest BCUT2D eigenvalue weighted by molar-refractivity contribution is 7.16. The number of halogens is 1. The van der Waals surface area contributed by atoms with Crippen molar-refractivity contribution in [3.8, 4) is 0 Å². The number of piperidine rings is 1. The Balaban J connectivity index is 1.83. The van der Waals surface area contributed by atoms with Crippen molar-refractivity contribution in [1.82, 2.24) is 9.80 Å². The average molecular weight is 344 g/mol. The van der Waals surface area contributed by atoms with Crippen LogP contribution < -0.4 is 5.73 Å². The molecule has 0 radical (unpaired) electrons. The average Bonchev–Trinajstić information content (AvgIpc) is 2.91. The number of likely N-dealkylation sites (tertiary alicyclic amines) is 1. The molecule has 2 rings (SSSR count). The summed E-state index contributed by atoms with van der Waals surface area (Å²) >= 11 is 7.49. The minimum Gasteiger partial charge on any atom is -0.369 e. The minimum atomic E-state index is -0.253. The molecule has 1 aromatic rings. The predicted molar refractivity (Wildman–Crippen MR) is 88.8 cm³/mol. The standard InChI is InChI=1S/C15H22ClN3O2S/c1-2-18(9-12-3-4-13(16)22-12)10-14(20)19-7-5-11(6-8-19)15(17)21/h3-4,11H,2,5-10H2,1H3,(H2,17,21). The van der Waals surface area contributed by atoms with Gasteiger partial charge in [-0.3, -0.25) is 14.5 Å². The molecule has 0 aliphatic carbocycles. The van der Waals surface area contributed by atoms with Crippen molar-refractivity contribution in [2.24, 2.45) is 11.7 Å². The maximum absolute atomic E-state index is 12.4. The third-order valence-corrected chi connectivity index (χ3v) is 5.28. The van der Waals surface area contributed by atoms with E-state index in [1.54, 1.807) is 11.3 Å². The van der Waals surface area contributed by atoms with Crippen LogP contribution in [0.5, 0.6) is 0 Å². The van der Waals surface area contributed by atoms with Gasteiger partial charge < -0.3 is 10.6 Å². The molecule has 22 heavy (non-hydrogen) atoms. The zero-order valence-electron chi connectivity index (χ0n) is 12.8. The molecule has 1 saturated heterocycles. The summed E-state index contributed by atoms with van der Waals surface area (Å²) in [6.07, 6.45) is 1.35. The van der Waals surface area contributed by atoms with Crippen molar-refractivity contribution in [1.29, 1.82) is 0 Å². The molecule has 2 heterocycles. The number of thiophene rings is 1. The Bertz CT molecular complexity index is 527. The number of hydrogen-bond acceptors (Lipinski definition) is 4. The van der Waals surface area contributed by atoms with Crippen LogP contribution in [0.2, 0.25) is 4.34 Å². The summed E-state index contributed by atoms with van der Waals surface area (Å²) in [6.45, 7) is 5.22. The highest BCUT2D eigenvalue weighted by Gasteiger charge is 2.26. The molecule has 2 amide bonds. The third kappa shape index (κ3) is 4.69. The lowest BCUT2D eigenvalue weighted by atomic mass is 9.96. The molecule has 1 fully saturated rings. The molecule has 2 N–H and O–H groups in total. The largest absolute Gasteiger partial charge is 0.369 e. The molecular weight excluding hydrogens is 322 g/mol. The van der Waals surface area contributed by atoms with E-state index in [0.29, 0.717) is 32.5 Å². The fourth-order valence-electron chi connectivity index (χ4n) is 2.64. The van der Waals surface area contributed by atoms with Crippen LogP contribution in [0.25, 0.3) is 0 Å². The lowest BCUT2D eigenvalue weighted by Gasteiger charge is -2.32. The van der Waals surface area contributed by atoms with Crippen LogP contribution in [0.4, 0.5) is 0 Å². The van der Waals surface area contributed by atoms with E-state index in [4.69, 9.17) is 17.3 Å². The van der Waals surface area contributed by atoms with Gasteiger partial charge in [0.1, 0.15) is 0 Å². The number of rotatable bonds is 6. The number of primary amides is 1. The highest BCUT2D eigenvalue weighted by atomic mass is 35.5. The maximum Gasteiger partial charge on any atom is 0.236 e. The zero-order chi connectivity index (χ0) is 16.1. The van der Waals surface area contributed by atoms with Crippen LogP contribution in [-0.2, 0) is 16.1 Å². The van der Waals surface area contributed by atoms with Gasteiger partial charge in [0.05, 0.1) is 10.9 Å². The van der Waals surface area contributed by atoms with E-state index < -0.39 is 0 Å². The van der Waals surface area contributed by atoms with E-state index in [1.807, 2.05) is 24.0 Å². The fourth-order valence-corrected chi connectivity index (χ4v) is 3.77. The van der Waals surface area contributed by atoms with E-state index in [2.05, 4.69) is 4.90 Å². The molecule has 1 aliphatic rings. The molecule has 0 aromatic carbocycles. The van der Waals surface area contributed by atoms with Gasteiger partial charge >= 0.3 is 0 Å². The van der Waals surface area contributed by atoms with Crippen LogP contribution in [-0.4, -0.2) is 47.8 Å². The van der Waals surface area contributed by atoms with Crippen LogP contribution >= 0.6 is 22.9 Å². The summed E-state index contributed by atoms with van der Waals surface area (Å²) in [4.78, 5) is 28.6. The topological polar surface area (TPSA) is 66.6 Å². The molecule has 0 spiro atoms. The Hall–Kier alpha value is -1.11. The molecule has 0 bridgehead atoms. The van der Waals surface area contributed by atoms with Crippen LogP contribution in [0.15, 0.2) is 12.1 Å². The van der Waals surface area contributed by atoms with E-state index in [1.165, 1.54) is 0 Å². The van der Waals surface area contributed by atoms with E-state index in [0.717, 1.165) is 22.3 Å². The summed E-state index contributed by atoms with van der Waals surface area (Å²) in [5.41, 5.74) is 5.32. The normalized spacial score (nSPS) is 16.2. The molecule has 1 aromatic heterocycles. The van der Waals surface area contributed by atoms with Crippen molar-refractivity contribution in [2.75, 3.05) is 26.2 Å². The molecule has 7 heteroatoms. The lowest BCUT2D eigenvalue weighted by molar-refractivity contribution is -0.136. The molecule has 1 aliphatic heterocycles. The first kappa shape index (κ1) is 17.2. The molecular formula is C15H22ClN3O2S. The number of carbonyl (C=O) groups excluding carboxylic acids is 2. The molecule has 0 saturated carbocycles. The van der Waals surface area contributed by atoms with Crippen LogP contribution in [0.3, 0.4) is 0 Å². The SMILES string of the molecule is CCN(CC(=O)N1CCC(C(N)=O)CC1)Cc1ccc(Cl)s1. The van der Waals surface area contributed by atoms with Gasteiger partial charge in [-0.2, -0.15) is 0 Å². The smallest absolute Gasteiger partial charge is 0.236 e. The minimum absolute atomic E-state index is 0.0837. The Morgan fingerprint density at radius 3 is 2.59 bits per heavy atom. The van der Waals surface area contributed by atoms with E-state index >= 15 is 0 Å². The first-order chi connectivity index (χ1) is 10.5. The number of amides is 2. The third-order valence-electron chi connectivity index (χ3n) is 4.06. The highest BCUT2D eigenvalue weighted by Crippen LogP contribution is 2.23. The Kier molecular flexibility index (Phi) is 6.23. The number of nitrogens with zero attached hydrogens (tertiary/aromatic N) is 2. The second-order valence-electron chi connectivity index (χ2n) is 5.57. The first-order valence-electron chi connectivity index (χ1n) is 7.53. The summed E-state index contributed by atoms with van der Waals surface area (Å²) in [6, 6.07) is 3.88. The second kappa shape index (κ2) is 7.94. The summed E-state index contributed by atoms with van der Waals surface area (Å²) in [5, 5.41) is 0. The maximum atomic E-state index is 12.4. The van der Waals surface area contributed by atoms with Crippen LogP contribution in [0, 0.1) is 5.92 Å². The van der Waals surface area contributed by atoms with Gasteiger partial charge in [0.2, 0.25) is 11.8 Å². The summed E-state index contributed by atoms with van der Waals surface area (Å²) in [5.74, 6) is -0.219. The van der Waals surface area contributed by atoms with Crippen molar-refractivity contribution in [3.05, 3.63) is 21.3 Å². The predicted octanol–water partition coefficient (Wildman–Crippen LogP) is 1.95. The second-order valence-corrected chi connectivity index (χ2v) is 7.37. The Morgan fingerprint density at radius 2 is 2.09 bits per heavy atom. The van der Waals surface area contributed by atoms with Gasteiger partial charge in [0.15, 0.2) is 0 Å². The lowest BCUT2D eigenvalue weighted by Crippen LogP contribution is -2.45. The first-order valence-corrected chi connectivity index (χ1v) is 8.72. The van der Waals surface area contributed by atoms with Crippen molar-refractivity contribution >= 4 is 34.8 Å². The van der Waals surface area contributed by atoms with Gasteiger partial charge in [-0.1, -0.05) is 18.5 Å². The summed E-state index contributed by atoms with van der Waals surface area (Å²) < 4.78 is 0.769. The Labute approximate surface area is 140 Å². The number of hydrogen-bond donors (Lipinski definition) is 1. The van der Waals surface area contributed by atoms with Gasteiger partial charge in [0, 0.05) is 30.4 Å². The molecule has 0 unspecified atom stereocenters. The van der Waals surface area contributed by atoms with Gasteiger partial charge in [0.25, 0.3) is 0 Å². The molecule has 5 nitrogen and oxygen atoms in total. The zero-order valence-corrected chi connectivity index (χ0v) is 14.3. The van der Waals surface area contributed by atoms with Gasteiger partial charge in [-0.05, 0) is 31.5 Å². The number of likely N-dealkylation sites (N-methyl/N-ethyl adjacent to an activating group) is 1. The number of nitrogens with two attached hydrogens (primary N) is 1. The van der Waals surface area contributed by atoms with Gasteiger partial charge in [-0.15, -0.1) is 11.3 Å². The van der Waals surface area contributed by atoms with E-state index in [9.17, 15) is 9.59 Å². The monoisotopic (exact) mass is 343 g/mol. The van der Waals surface area contributed by atoms with Crippen LogP contribution in [0.1, 0.15) is 24.6 Å². The van der Waals surface area contributed by atoms with Crippen molar-refractivity contribution < 1.29 is 9.59 Å². The molecule has 0 atom stereocenters. The molecule has 122 valence electrons. The van der Waals surface area contributed by atoms with E-state index in [-0.39, 0.29) is 17.7 Å². The number of carbonyl (C=O) groups is 2.